The zero-order valence-corrected chi connectivity index (χ0v) is 28.5. The summed E-state index contributed by atoms with van der Waals surface area (Å²) in [6.45, 7) is 4.71. The van der Waals surface area contributed by atoms with Crippen LogP contribution in [0.4, 0.5) is 0 Å². The number of phenolic OH excluding ortho intramolecular Hbond substituents is 4. The van der Waals surface area contributed by atoms with Crippen molar-refractivity contribution in [2.75, 3.05) is 28.4 Å². The van der Waals surface area contributed by atoms with E-state index in [0.717, 1.165) is 40.7 Å². The Bertz CT molecular complexity index is 1920. The highest BCUT2D eigenvalue weighted by Crippen LogP contribution is 2.69. The van der Waals surface area contributed by atoms with Crippen molar-refractivity contribution in [3.63, 3.8) is 0 Å². The normalized spacial score (nSPS) is 27.2. The van der Waals surface area contributed by atoms with E-state index in [1.807, 2.05) is 36.4 Å². The number of rotatable bonds is 8. The van der Waals surface area contributed by atoms with E-state index in [-0.39, 0.29) is 47.0 Å². The maximum absolute atomic E-state index is 10.9. The summed E-state index contributed by atoms with van der Waals surface area (Å²) in [5, 5.41) is 42.1. The number of ether oxygens (including phenoxy) is 6. The van der Waals surface area contributed by atoms with Crippen LogP contribution in [-0.4, -0.2) is 48.9 Å². The molecule has 0 radical (unpaired) electrons. The van der Waals surface area contributed by atoms with E-state index >= 15 is 0 Å². The van der Waals surface area contributed by atoms with Crippen LogP contribution in [0, 0.1) is 17.3 Å². The van der Waals surface area contributed by atoms with Gasteiger partial charge in [-0.1, -0.05) is 30.8 Å². The number of benzene rings is 4. The van der Waals surface area contributed by atoms with Gasteiger partial charge in [0.1, 0.15) is 6.10 Å². The minimum absolute atomic E-state index is 0.0115. The zero-order valence-electron chi connectivity index (χ0n) is 28.5. The number of phenols is 4. The van der Waals surface area contributed by atoms with Crippen LogP contribution in [0.3, 0.4) is 0 Å². The quantitative estimate of drug-likeness (QED) is 0.136. The lowest BCUT2D eigenvalue weighted by Crippen LogP contribution is -2.37. The Labute approximate surface area is 291 Å². The Morgan fingerprint density at radius 1 is 0.580 bits per heavy atom. The fourth-order valence-electron chi connectivity index (χ4n) is 8.49. The number of hydrogen-bond acceptors (Lipinski definition) is 10. The number of hydrogen-bond donors (Lipinski definition) is 4. The van der Waals surface area contributed by atoms with Crippen molar-refractivity contribution in [3.8, 4) is 46.0 Å². The van der Waals surface area contributed by atoms with Crippen LogP contribution in [0.2, 0.25) is 0 Å². The van der Waals surface area contributed by atoms with Gasteiger partial charge in [0.25, 0.3) is 0 Å². The van der Waals surface area contributed by atoms with Crippen molar-refractivity contribution < 1.29 is 48.8 Å². The molecule has 3 aliphatic rings. The summed E-state index contributed by atoms with van der Waals surface area (Å²) in [5.41, 5.74) is 3.65. The van der Waals surface area contributed by atoms with E-state index in [0.29, 0.717) is 29.4 Å². The zero-order chi connectivity index (χ0) is 35.3. The first-order chi connectivity index (χ1) is 24.1. The average Bonchev–Trinajstić information content (AvgIpc) is 3.63. The van der Waals surface area contributed by atoms with Crippen molar-refractivity contribution >= 4 is 0 Å². The molecular formula is C40H42O10. The van der Waals surface area contributed by atoms with Crippen molar-refractivity contribution in [1.29, 1.82) is 0 Å². The van der Waals surface area contributed by atoms with E-state index in [1.165, 1.54) is 28.4 Å². The summed E-state index contributed by atoms with van der Waals surface area (Å²) in [6.07, 6.45) is 0.407. The lowest BCUT2D eigenvalue weighted by atomic mass is 9.57. The highest BCUT2D eigenvalue weighted by atomic mass is 16.5. The summed E-state index contributed by atoms with van der Waals surface area (Å²) in [4.78, 5) is 0. The van der Waals surface area contributed by atoms with Crippen molar-refractivity contribution in [2.24, 2.45) is 17.3 Å². The Hall–Kier alpha value is -5.06. The van der Waals surface area contributed by atoms with Crippen LogP contribution in [0.1, 0.15) is 65.9 Å². The fourth-order valence-corrected chi connectivity index (χ4v) is 8.49. The molecule has 2 heterocycles. The molecule has 0 aromatic heterocycles. The lowest BCUT2D eigenvalue weighted by molar-refractivity contribution is -0.0213. The van der Waals surface area contributed by atoms with Crippen molar-refractivity contribution in [2.45, 2.75) is 43.7 Å². The Balaban J connectivity index is 1.34. The molecule has 2 saturated heterocycles. The summed E-state index contributed by atoms with van der Waals surface area (Å²) in [5.74, 6) is 1.58. The van der Waals surface area contributed by atoms with Gasteiger partial charge in [-0.25, -0.2) is 0 Å². The summed E-state index contributed by atoms with van der Waals surface area (Å²) >= 11 is 0. The van der Waals surface area contributed by atoms with E-state index in [4.69, 9.17) is 35.0 Å². The van der Waals surface area contributed by atoms with Gasteiger partial charge in [0.15, 0.2) is 46.0 Å². The Kier molecular flexibility index (Phi) is 8.69. The molecule has 50 heavy (non-hydrogen) atoms. The molecular weight excluding hydrogens is 640 g/mol. The van der Waals surface area contributed by atoms with Gasteiger partial charge in [-0.3, -0.25) is 0 Å². The molecule has 4 aromatic carbocycles. The standard InChI is InChI=1S/C40H42O10/c1-21-36(22-6-10-28(41)33(17-22)46-3)50-39(25-9-13-32(45-2)31(44)16-25)40(21)15-14-26-27(20-40)38(24-8-12-30(43)35(19-24)48-5)49-37(26)23-7-11-29(42)34(18-23)47-4/h6-13,16-19,26-27,36-39,41-44H,1,14-15,20H2,2-5H3/t26?,27?,36-,37-,38+,39-,40-/m0/s1. The third-order valence-electron chi connectivity index (χ3n) is 11.0. The molecule has 4 N–H and O–H groups in total. The number of methoxy groups -OCH3 is 4. The van der Waals surface area contributed by atoms with Crippen LogP contribution in [0.25, 0.3) is 0 Å². The molecule has 0 bridgehead atoms. The minimum atomic E-state index is -0.581. The first-order valence-electron chi connectivity index (χ1n) is 16.6. The van der Waals surface area contributed by atoms with Gasteiger partial charge in [0.05, 0.1) is 46.8 Å². The van der Waals surface area contributed by atoms with Crippen molar-refractivity contribution in [1.82, 2.24) is 0 Å². The molecule has 4 aromatic rings. The largest absolute Gasteiger partial charge is 0.504 e. The molecule has 2 aliphatic heterocycles. The van der Waals surface area contributed by atoms with Gasteiger partial charge >= 0.3 is 0 Å². The fraction of sp³-hybridized carbons (Fsp3) is 0.350. The highest BCUT2D eigenvalue weighted by Gasteiger charge is 2.60. The molecule has 7 atom stereocenters. The molecule has 7 rings (SSSR count). The van der Waals surface area contributed by atoms with E-state index in [1.54, 1.807) is 36.4 Å². The van der Waals surface area contributed by atoms with Gasteiger partial charge in [-0.15, -0.1) is 0 Å². The van der Waals surface area contributed by atoms with E-state index in [9.17, 15) is 20.4 Å². The minimum Gasteiger partial charge on any atom is -0.504 e. The first-order valence-corrected chi connectivity index (χ1v) is 16.6. The average molecular weight is 683 g/mol. The summed E-state index contributed by atoms with van der Waals surface area (Å²) in [7, 11) is 6.06. The molecule has 1 aliphatic carbocycles. The predicted octanol–water partition coefficient (Wildman–Crippen LogP) is 7.83. The summed E-state index contributed by atoms with van der Waals surface area (Å²) in [6, 6.07) is 21.2. The van der Waals surface area contributed by atoms with E-state index < -0.39 is 17.6 Å². The molecule has 262 valence electrons. The molecule has 3 fully saturated rings. The second-order valence-electron chi connectivity index (χ2n) is 13.4. The Morgan fingerprint density at radius 3 is 1.62 bits per heavy atom. The van der Waals surface area contributed by atoms with Crippen LogP contribution < -0.4 is 18.9 Å². The third-order valence-corrected chi connectivity index (χ3v) is 11.0. The molecule has 1 saturated carbocycles. The second kappa shape index (κ2) is 13.0. The van der Waals surface area contributed by atoms with Crippen LogP contribution in [-0.2, 0) is 9.47 Å². The molecule has 10 heteroatoms. The van der Waals surface area contributed by atoms with Gasteiger partial charge < -0.3 is 48.8 Å². The second-order valence-corrected chi connectivity index (χ2v) is 13.4. The van der Waals surface area contributed by atoms with Crippen molar-refractivity contribution in [3.05, 3.63) is 107 Å². The molecule has 2 unspecified atom stereocenters. The smallest absolute Gasteiger partial charge is 0.160 e. The monoisotopic (exact) mass is 682 g/mol. The van der Waals surface area contributed by atoms with Gasteiger partial charge in [0.2, 0.25) is 0 Å². The van der Waals surface area contributed by atoms with Crippen LogP contribution in [0.5, 0.6) is 46.0 Å². The lowest BCUT2D eigenvalue weighted by Gasteiger charge is -2.45. The maximum Gasteiger partial charge on any atom is 0.160 e. The van der Waals surface area contributed by atoms with Gasteiger partial charge in [-0.2, -0.15) is 0 Å². The predicted molar refractivity (Wildman–Crippen MR) is 184 cm³/mol. The number of aromatic hydroxyl groups is 4. The maximum atomic E-state index is 10.9. The van der Waals surface area contributed by atoms with Gasteiger partial charge in [0, 0.05) is 5.41 Å². The third kappa shape index (κ3) is 5.43. The topological polar surface area (TPSA) is 136 Å². The van der Waals surface area contributed by atoms with Gasteiger partial charge in [-0.05, 0) is 107 Å². The highest BCUT2D eigenvalue weighted by molar-refractivity contribution is 5.49. The first kappa shape index (κ1) is 33.4. The SMILES string of the molecule is C=C1[C@@H](c2ccc(O)c(OC)c2)O[C@@H](c2ccc(OC)c(O)c2)[C@]12CCC1C(C2)[C@@H](c2ccc(O)c(OC)c2)O[C@H]1c1ccc(O)c(OC)c1. The molecule has 0 amide bonds. The number of fused-ring (bicyclic) bond motifs is 1. The van der Waals surface area contributed by atoms with E-state index in [2.05, 4.69) is 0 Å². The summed E-state index contributed by atoms with van der Waals surface area (Å²) < 4.78 is 35.7. The molecule has 1 spiro atoms. The van der Waals surface area contributed by atoms with Crippen LogP contribution >= 0.6 is 0 Å². The Morgan fingerprint density at radius 2 is 1.08 bits per heavy atom. The molecule has 10 nitrogen and oxygen atoms in total. The van der Waals surface area contributed by atoms with Crippen LogP contribution in [0.15, 0.2) is 84.9 Å².